The molecule has 0 aliphatic rings. The summed E-state index contributed by atoms with van der Waals surface area (Å²) in [7, 11) is 2.10. The van der Waals surface area contributed by atoms with Gasteiger partial charge in [0.1, 0.15) is 11.6 Å². The molecular formula is C34H34N4. The predicted molar refractivity (Wildman–Crippen MR) is 159 cm³/mol. The van der Waals surface area contributed by atoms with E-state index >= 15 is 0 Å². The monoisotopic (exact) mass is 498 g/mol. The van der Waals surface area contributed by atoms with E-state index in [2.05, 4.69) is 116 Å². The van der Waals surface area contributed by atoms with Crippen LogP contribution in [0.15, 0.2) is 84.9 Å². The third-order valence-corrected chi connectivity index (χ3v) is 7.65. The van der Waals surface area contributed by atoms with Crippen molar-refractivity contribution >= 4 is 22.1 Å². The van der Waals surface area contributed by atoms with Crippen LogP contribution in [0.5, 0.6) is 0 Å². The Morgan fingerprint density at radius 1 is 0.763 bits per heavy atom. The normalized spacial score (nSPS) is 11.6. The third kappa shape index (κ3) is 4.20. The van der Waals surface area contributed by atoms with Crippen LogP contribution < -0.4 is 0 Å². The molecule has 2 aromatic heterocycles. The van der Waals surface area contributed by atoms with E-state index < -0.39 is 0 Å². The Balaban J connectivity index is 1.42. The molecule has 0 spiro atoms. The second-order valence-corrected chi connectivity index (χ2v) is 10.2. The Bertz CT molecular complexity index is 1750. The first-order valence-electron chi connectivity index (χ1n) is 13.7. The molecule has 0 unspecified atom stereocenters. The lowest BCUT2D eigenvalue weighted by molar-refractivity contribution is 0.722. The summed E-state index contributed by atoms with van der Waals surface area (Å²) in [6.45, 7) is 7.41. The maximum atomic E-state index is 5.12. The lowest BCUT2D eigenvalue weighted by Crippen LogP contribution is -2.05. The van der Waals surface area contributed by atoms with Crippen molar-refractivity contribution in [2.45, 2.75) is 46.6 Å². The highest BCUT2D eigenvalue weighted by atomic mass is 15.1. The van der Waals surface area contributed by atoms with E-state index in [0.717, 1.165) is 59.6 Å². The van der Waals surface area contributed by atoms with Crippen molar-refractivity contribution in [3.8, 4) is 22.5 Å². The van der Waals surface area contributed by atoms with Crippen LogP contribution in [-0.2, 0) is 26.4 Å². The van der Waals surface area contributed by atoms with Crippen molar-refractivity contribution in [3.05, 3.63) is 107 Å². The topological polar surface area (TPSA) is 35.6 Å². The van der Waals surface area contributed by atoms with E-state index in [4.69, 9.17) is 9.97 Å². The minimum Gasteiger partial charge on any atom is -0.327 e. The first-order chi connectivity index (χ1) is 18.6. The van der Waals surface area contributed by atoms with Gasteiger partial charge in [-0.2, -0.15) is 0 Å². The zero-order valence-electron chi connectivity index (χ0n) is 22.7. The van der Waals surface area contributed by atoms with Crippen molar-refractivity contribution in [2.75, 3.05) is 0 Å². The van der Waals surface area contributed by atoms with E-state index in [1.807, 2.05) is 6.07 Å². The summed E-state index contributed by atoms with van der Waals surface area (Å²) in [5.41, 5.74) is 12.0. The molecule has 0 amide bonds. The quantitative estimate of drug-likeness (QED) is 0.223. The summed E-state index contributed by atoms with van der Waals surface area (Å²) in [5.74, 6) is 2.13. The number of hydrogen-bond acceptors (Lipinski definition) is 2. The molecule has 6 rings (SSSR count). The number of imidazole rings is 2. The lowest BCUT2D eigenvalue weighted by atomic mass is 9.97. The summed E-state index contributed by atoms with van der Waals surface area (Å²) < 4.78 is 4.60. The molecule has 0 saturated carbocycles. The molecule has 6 aromatic rings. The van der Waals surface area contributed by atoms with Crippen LogP contribution in [0.2, 0.25) is 0 Å². The van der Waals surface area contributed by atoms with Gasteiger partial charge in [-0.1, -0.05) is 74.5 Å². The minimum atomic E-state index is 0.799. The van der Waals surface area contributed by atoms with Crippen LogP contribution in [-0.4, -0.2) is 19.1 Å². The van der Waals surface area contributed by atoms with Crippen molar-refractivity contribution < 1.29 is 0 Å². The van der Waals surface area contributed by atoms with Gasteiger partial charge in [0.2, 0.25) is 0 Å². The Labute approximate surface area is 224 Å². The fourth-order valence-corrected chi connectivity index (χ4v) is 5.65. The van der Waals surface area contributed by atoms with E-state index in [1.54, 1.807) is 0 Å². The molecule has 0 atom stereocenters. The molecule has 4 aromatic carbocycles. The summed E-state index contributed by atoms with van der Waals surface area (Å²) in [4.78, 5) is 10.1. The molecule has 0 radical (unpaired) electrons. The Hall–Kier alpha value is -4.18. The number of benzene rings is 4. The molecule has 0 saturated heterocycles. The van der Waals surface area contributed by atoms with Crippen LogP contribution in [0.4, 0.5) is 0 Å². The molecule has 190 valence electrons. The molecule has 2 heterocycles. The van der Waals surface area contributed by atoms with Gasteiger partial charge in [0.05, 0.1) is 22.1 Å². The summed E-state index contributed by atoms with van der Waals surface area (Å²) in [5, 5.41) is 0. The lowest BCUT2D eigenvalue weighted by Gasteiger charge is -2.12. The van der Waals surface area contributed by atoms with Gasteiger partial charge in [0.25, 0.3) is 0 Å². The van der Waals surface area contributed by atoms with Crippen LogP contribution in [0.1, 0.15) is 42.8 Å². The second kappa shape index (κ2) is 9.94. The van der Waals surface area contributed by atoms with Crippen molar-refractivity contribution in [2.24, 2.45) is 7.05 Å². The summed E-state index contributed by atoms with van der Waals surface area (Å²) in [6.07, 6.45) is 3.05. The van der Waals surface area contributed by atoms with Crippen LogP contribution in [0.3, 0.4) is 0 Å². The fraction of sp³-hybridized carbons (Fsp3) is 0.235. The standard InChI is InChI=1S/C34H34N4/c1-5-11-32-36-33-23(3)20-27(34-35-29-14-9-10-15-30(29)37(34)4)21-31(33)38(32)22-24-16-18-26(19-17-24)28-13-8-7-12-25(28)6-2/h7-10,12-21H,5-6,11,22H2,1-4H3. The van der Waals surface area contributed by atoms with Gasteiger partial charge in [0.15, 0.2) is 0 Å². The molecule has 4 heteroatoms. The van der Waals surface area contributed by atoms with E-state index in [9.17, 15) is 0 Å². The smallest absolute Gasteiger partial charge is 0.140 e. The molecule has 0 bridgehead atoms. The first-order valence-corrected chi connectivity index (χ1v) is 13.7. The molecule has 4 nitrogen and oxygen atoms in total. The zero-order valence-corrected chi connectivity index (χ0v) is 22.7. The van der Waals surface area contributed by atoms with Gasteiger partial charge < -0.3 is 9.13 Å². The molecule has 0 aliphatic carbocycles. The fourth-order valence-electron chi connectivity index (χ4n) is 5.65. The average molecular weight is 499 g/mol. The Morgan fingerprint density at radius 3 is 2.29 bits per heavy atom. The summed E-state index contributed by atoms with van der Waals surface area (Å²) >= 11 is 0. The highest BCUT2D eigenvalue weighted by molar-refractivity contribution is 5.87. The van der Waals surface area contributed by atoms with E-state index in [1.165, 1.54) is 33.3 Å². The van der Waals surface area contributed by atoms with Crippen molar-refractivity contribution in [1.82, 2.24) is 19.1 Å². The molecule has 38 heavy (non-hydrogen) atoms. The number of rotatable bonds is 7. The van der Waals surface area contributed by atoms with Gasteiger partial charge in [-0.05, 0) is 71.8 Å². The third-order valence-electron chi connectivity index (χ3n) is 7.65. The predicted octanol–water partition coefficient (Wildman–Crippen LogP) is 8.13. The number of para-hydroxylation sites is 2. The van der Waals surface area contributed by atoms with Gasteiger partial charge in [-0.3, -0.25) is 0 Å². The van der Waals surface area contributed by atoms with Crippen molar-refractivity contribution in [3.63, 3.8) is 0 Å². The maximum Gasteiger partial charge on any atom is 0.140 e. The first kappa shape index (κ1) is 24.2. The van der Waals surface area contributed by atoms with Crippen molar-refractivity contribution in [1.29, 1.82) is 0 Å². The number of aromatic nitrogens is 4. The van der Waals surface area contributed by atoms with Crippen LogP contribution in [0.25, 0.3) is 44.6 Å². The minimum absolute atomic E-state index is 0.799. The van der Waals surface area contributed by atoms with Gasteiger partial charge in [0, 0.05) is 25.6 Å². The largest absolute Gasteiger partial charge is 0.327 e. The molecule has 0 N–H and O–H groups in total. The van der Waals surface area contributed by atoms with Gasteiger partial charge >= 0.3 is 0 Å². The number of fused-ring (bicyclic) bond motifs is 2. The molecular weight excluding hydrogens is 464 g/mol. The van der Waals surface area contributed by atoms with Gasteiger partial charge in [-0.15, -0.1) is 0 Å². The van der Waals surface area contributed by atoms with Crippen LogP contribution in [0, 0.1) is 6.92 Å². The Kier molecular flexibility index (Phi) is 6.32. The Morgan fingerprint density at radius 2 is 1.53 bits per heavy atom. The SMILES string of the molecule is CCCc1nc2c(C)cc(-c3nc4ccccc4n3C)cc2n1Cc1ccc(-c2ccccc2CC)cc1. The van der Waals surface area contributed by atoms with E-state index in [0.29, 0.717) is 0 Å². The average Bonchev–Trinajstić information content (AvgIpc) is 3.47. The van der Waals surface area contributed by atoms with Crippen LogP contribution >= 0.6 is 0 Å². The second-order valence-electron chi connectivity index (χ2n) is 10.2. The maximum absolute atomic E-state index is 5.12. The number of aryl methyl sites for hydroxylation is 4. The van der Waals surface area contributed by atoms with E-state index in [-0.39, 0.29) is 0 Å². The summed E-state index contributed by atoms with van der Waals surface area (Å²) in [6, 6.07) is 30.6. The highest BCUT2D eigenvalue weighted by Crippen LogP contribution is 2.31. The number of hydrogen-bond donors (Lipinski definition) is 0. The van der Waals surface area contributed by atoms with Gasteiger partial charge in [-0.25, -0.2) is 9.97 Å². The highest BCUT2D eigenvalue weighted by Gasteiger charge is 2.17. The number of nitrogens with zero attached hydrogens (tertiary/aromatic N) is 4. The zero-order chi connectivity index (χ0) is 26.2. The molecule has 0 fully saturated rings. The molecule has 0 aliphatic heterocycles.